The Bertz CT molecular complexity index is 1850. The van der Waals surface area contributed by atoms with Crippen LogP contribution in [0.1, 0.15) is 389 Å². The molecule has 0 spiro atoms. The van der Waals surface area contributed by atoms with Crippen molar-refractivity contribution in [3.8, 4) is 0 Å². The summed E-state index contributed by atoms with van der Waals surface area (Å²) in [5.41, 5.74) is 0. The fourth-order valence-electron chi connectivity index (χ4n) is 11.6. The van der Waals surface area contributed by atoms with Crippen molar-refractivity contribution in [2.45, 2.75) is 407 Å². The average molecular weight is 1400 g/mol. The molecule has 3 unspecified atom stereocenters. The van der Waals surface area contributed by atoms with Crippen LogP contribution in [-0.2, 0) is 65.4 Å². The highest BCUT2D eigenvalue weighted by molar-refractivity contribution is 7.47. The van der Waals surface area contributed by atoms with Gasteiger partial charge in [-0.05, 0) is 43.4 Å². The standard InChI is InChI=1S/C76H148O17P2/c1-8-10-11-12-13-14-30-35-43-50-57-73(78)87-64-72(93-76(81)60-53-46-39-38-42-49-56-69(7)9-2)66-91-95(84,85)89-62-70(77)61-88-94(82,83)90-65-71(63-86-74(79)58-51-44-36-31-27-23-25-29-34-41-48-55-68(5)6)92-75(80)59-52-45-37-32-26-22-20-18-16-15-17-19-21-24-28-33-40-47-54-67(3)4/h67-72,77H,8-66H2,1-7H3,(H,82,83)(H,84,85)/t69?,70-,71-,72-/m1/s1. The summed E-state index contributed by atoms with van der Waals surface area (Å²) in [4.78, 5) is 72.7. The Morgan fingerprint density at radius 3 is 0.800 bits per heavy atom. The van der Waals surface area contributed by atoms with E-state index in [2.05, 4.69) is 48.5 Å². The molecule has 0 aromatic rings. The molecule has 17 nitrogen and oxygen atoms in total. The van der Waals surface area contributed by atoms with Crippen LogP contribution in [0.15, 0.2) is 0 Å². The van der Waals surface area contributed by atoms with Gasteiger partial charge in [-0.1, -0.05) is 337 Å². The van der Waals surface area contributed by atoms with Gasteiger partial charge in [0.05, 0.1) is 26.4 Å². The second-order valence-corrected chi connectivity index (χ2v) is 31.5. The van der Waals surface area contributed by atoms with Crippen LogP contribution >= 0.6 is 15.6 Å². The van der Waals surface area contributed by atoms with Crippen LogP contribution in [0.3, 0.4) is 0 Å². The van der Waals surface area contributed by atoms with Crippen molar-refractivity contribution in [1.82, 2.24) is 0 Å². The molecule has 0 rings (SSSR count). The third kappa shape index (κ3) is 69.0. The SMILES string of the molecule is CCCCCCCCCCCCC(=O)OC[C@H](COP(=O)(O)OC[C@H](O)COP(=O)(O)OC[C@@H](COC(=O)CCCCCCCCCCCCCC(C)C)OC(=O)CCCCCCCCCCCCCCCCCCCCC(C)C)OC(=O)CCCCCCCCC(C)CC. The van der Waals surface area contributed by atoms with Crippen molar-refractivity contribution >= 4 is 39.5 Å². The molecule has 0 heterocycles. The van der Waals surface area contributed by atoms with Crippen molar-refractivity contribution in [2.24, 2.45) is 17.8 Å². The quantitative estimate of drug-likeness (QED) is 0.0222. The zero-order valence-electron chi connectivity index (χ0n) is 62.1. The number of carbonyl (C=O) groups is 4. The molecule has 3 N–H and O–H groups in total. The lowest BCUT2D eigenvalue weighted by Gasteiger charge is -2.21. The van der Waals surface area contributed by atoms with Crippen LogP contribution in [0.5, 0.6) is 0 Å². The van der Waals surface area contributed by atoms with Crippen molar-refractivity contribution in [3.05, 3.63) is 0 Å². The molecule has 0 aliphatic rings. The first-order chi connectivity index (χ1) is 45.8. The number of ether oxygens (including phenoxy) is 4. The summed E-state index contributed by atoms with van der Waals surface area (Å²) in [5.74, 6) is 0.190. The predicted octanol–water partition coefficient (Wildman–Crippen LogP) is 22.2. The number of aliphatic hydroxyl groups excluding tert-OH is 1. The van der Waals surface area contributed by atoms with E-state index in [1.807, 2.05) is 0 Å². The van der Waals surface area contributed by atoms with Gasteiger partial charge in [0.25, 0.3) is 0 Å². The Morgan fingerprint density at radius 1 is 0.305 bits per heavy atom. The predicted molar refractivity (Wildman–Crippen MR) is 386 cm³/mol. The zero-order chi connectivity index (χ0) is 70.1. The summed E-state index contributed by atoms with van der Waals surface area (Å²) in [6.45, 7) is 11.9. The molecule has 0 aliphatic carbocycles. The van der Waals surface area contributed by atoms with E-state index in [0.29, 0.717) is 25.7 Å². The van der Waals surface area contributed by atoms with E-state index in [4.69, 9.17) is 37.0 Å². The van der Waals surface area contributed by atoms with Crippen LogP contribution in [-0.4, -0.2) is 96.7 Å². The highest BCUT2D eigenvalue weighted by atomic mass is 31.2. The minimum Gasteiger partial charge on any atom is -0.462 e. The number of phosphoric ester groups is 2. The van der Waals surface area contributed by atoms with E-state index in [0.717, 1.165) is 108 Å². The third-order valence-corrected chi connectivity index (χ3v) is 19.9. The summed E-state index contributed by atoms with van der Waals surface area (Å²) < 4.78 is 68.5. The van der Waals surface area contributed by atoms with Gasteiger partial charge in [-0.3, -0.25) is 37.3 Å². The van der Waals surface area contributed by atoms with E-state index in [9.17, 15) is 43.2 Å². The molecule has 564 valence electrons. The molecule has 0 amide bonds. The Morgan fingerprint density at radius 2 is 0.537 bits per heavy atom. The Labute approximate surface area is 581 Å². The molecular formula is C76H148O17P2. The Balaban J connectivity index is 5.20. The average Bonchev–Trinajstić information content (AvgIpc) is 2.42. The van der Waals surface area contributed by atoms with Gasteiger partial charge in [-0.2, -0.15) is 0 Å². The topological polar surface area (TPSA) is 237 Å². The maximum Gasteiger partial charge on any atom is 0.472 e. The molecular weight excluding hydrogens is 1250 g/mol. The molecule has 6 atom stereocenters. The number of hydrogen-bond donors (Lipinski definition) is 3. The Kier molecular flexibility index (Phi) is 65.2. The minimum absolute atomic E-state index is 0.103. The van der Waals surface area contributed by atoms with Gasteiger partial charge in [-0.25, -0.2) is 9.13 Å². The fraction of sp³-hybridized carbons (Fsp3) is 0.947. The van der Waals surface area contributed by atoms with Gasteiger partial charge in [0.15, 0.2) is 12.2 Å². The van der Waals surface area contributed by atoms with Gasteiger partial charge < -0.3 is 33.8 Å². The molecule has 0 aromatic carbocycles. The fourth-order valence-corrected chi connectivity index (χ4v) is 13.1. The van der Waals surface area contributed by atoms with Crippen LogP contribution < -0.4 is 0 Å². The number of carbonyl (C=O) groups excluding carboxylic acids is 4. The normalized spacial score (nSPS) is 14.4. The summed E-state index contributed by atoms with van der Waals surface area (Å²) in [5, 5.41) is 10.6. The monoisotopic (exact) mass is 1400 g/mol. The van der Waals surface area contributed by atoms with Gasteiger partial charge in [0, 0.05) is 25.7 Å². The van der Waals surface area contributed by atoms with E-state index < -0.39 is 97.5 Å². The first kappa shape index (κ1) is 93.1. The molecule has 0 aliphatic heterocycles. The number of esters is 4. The molecule has 0 saturated carbocycles. The summed E-state index contributed by atoms with van der Waals surface area (Å²) in [6, 6.07) is 0. The lowest BCUT2D eigenvalue weighted by atomic mass is 10.00. The van der Waals surface area contributed by atoms with Crippen molar-refractivity contribution in [2.75, 3.05) is 39.6 Å². The van der Waals surface area contributed by atoms with E-state index in [1.165, 1.54) is 199 Å². The number of aliphatic hydroxyl groups is 1. The maximum absolute atomic E-state index is 13.1. The van der Waals surface area contributed by atoms with Crippen LogP contribution in [0.4, 0.5) is 0 Å². The summed E-state index contributed by atoms with van der Waals surface area (Å²) >= 11 is 0. The van der Waals surface area contributed by atoms with Crippen molar-refractivity contribution in [1.29, 1.82) is 0 Å². The second kappa shape index (κ2) is 66.6. The lowest BCUT2D eigenvalue weighted by Crippen LogP contribution is -2.30. The third-order valence-electron chi connectivity index (χ3n) is 18.0. The van der Waals surface area contributed by atoms with Crippen molar-refractivity contribution in [3.63, 3.8) is 0 Å². The van der Waals surface area contributed by atoms with Crippen molar-refractivity contribution < 1.29 is 80.2 Å². The van der Waals surface area contributed by atoms with Gasteiger partial charge in [0.2, 0.25) is 0 Å². The van der Waals surface area contributed by atoms with Gasteiger partial charge >= 0.3 is 39.5 Å². The second-order valence-electron chi connectivity index (χ2n) is 28.6. The molecule has 0 bridgehead atoms. The number of hydrogen-bond acceptors (Lipinski definition) is 15. The Hall–Kier alpha value is -1.94. The number of unbranched alkanes of at least 4 members (excludes halogenated alkanes) is 41. The minimum atomic E-state index is -4.96. The first-order valence-electron chi connectivity index (χ1n) is 39.4. The van der Waals surface area contributed by atoms with Crippen LogP contribution in [0, 0.1) is 17.8 Å². The van der Waals surface area contributed by atoms with Crippen LogP contribution in [0.25, 0.3) is 0 Å². The van der Waals surface area contributed by atoms with Gasteiger partial charge in [-0.15, -0.1) is 0 Å². The molecule has 19 heteroatoms. The number of phosphoric acid groups is 2. The van der Waals surface area contributed by atoms with E-state index >= 15 is 0 Å². The first-order valence-corrected chi connectivity index (χ1v) is 42.4. The summed E-state index contributed by atoms with van der Waals surface area (Å²) in [7, 11) is -9.91. The van der Waals surface area contributed by atoms with E-state index in [1.54, 1.807) is 0 Å². The van der Waals surface area contributed by atoms with E-state index in [-0.39, 0.29) is 25.7 Å². The van der Waals surface area contributed by atoms with Gasteiger partial charge in [0.1, 0.15) is 19.3 Å². The lowest BCUT2D eigenvalue weighted by molar-refractivity contribution is -0.161. The zero-order valence-corrected chi connectivity index (χ0v) is 63.9. The molecule has 0 radical (unpaired) electrons. The molecule has 0 aromatic heterocycles. The smallest absolute Gasteiger partial charge is 0.462 e. The largest absolute Gasteiger partial charge is 0.472 e. The maximum atomic E-state index is 13.1. The summed E-state index contributed by atoms with van der Waals surface area (Å²) in [6.07, 6.45) is 52.8. The highest BCUT2D eigenvalue weighted by Crippen LogP contribution is 2.45. The highest BCUT2D eigenvalue weighted by Gasteiger charge is 2.30. The molecule has 0 saturated heterocycles. The van der Waals surface area contributed by atoms with Crippen LogP contribution in [0.2, 0.25) is 0 Å². The molecule has 95 heavy (non-hydrogen) atoms. The number of rotatable bonds is 74. The molecule has 0 fully saturated rings.